The number of piperazine rings is 1. The van der Waals surface area contributed by atoms with Crippen LogP contribution in [-0.4, -0.2) is 63.5 Å². The Balaban J connectivity index is 1.28. The van der Waals surface area contributed by atoms with Crippen molar-refractivity contribution >= 4 is 17.6 Å². The predicted molar refractivity (Wildman–Crippen MR) is 116 cm³/mol. The van der Waals surface area contributed by atoms with Gasteiger partial charge in [-0.2, -0.15) is 0 Å². The van der Waals surface area contributed by atoms with Gasteiger partial charge in [0.15, 0.2) is 5.76 Å². The second-order valence-electron chi connectivity index (χ2n) is 7.65. The number of carbonyl (C=O) groups excluding carboxylic acids is 3. The molecule has 0 saturated carbocycles. The number of hydrogen-bond acceptors (Lipinski definition) is 6. The summed E-state index contributed by atoms with van der Waals surface area (Å²) >= 11 is 0. The summed E-state index contributed by atoms with van der Waals surface area (Å²) in [5.41, 5.74) is 2.58. The monoisotopic (exact) mass is 432 g/mol. The molecule has 0 aliphatic carbocycles. The summed E-state index contributed by atoms with van der Waals surface area (Å²) in [4.78, 5) is 49.1. The van der Waals surface area contributed by atoms with Crippen LogP contribution in [0.3, 0.4) is 0 Å². The molecular formula is C24H24N4O4. The van der Waals surface area contributed by atoms with E-state index in [9.17, 15) is 14.4 Å². The molecule has 32 heavy (non-hydrogen) atoms. The minimum absolute atomic E-state index is 0.0643. The molecule has 8 nitrogen and oxygen atoms in total. The highest BCUT2D eigenvalue weighted by molar-refractivity contribution is 6.36. The summed E-state index contributed by atoms with van der Waals surface area (Å²) < 4.78 is 5.14. The molecule has 0 radical (unpaired) electrons. The standard InChI is InChI=1S/C24H24N4O4/c29-21(16-20-15-19(25-17-26-20)9-8-18-5-2-1-3-6-18)23(30)27-10-12-28(13-11-27)24(31)22-7-4-14-32-22/h1-7,14-15,17H,8-13,16H2. The van der Waals surface area contributed by atoms with Crippen LogP contribution < -0.4 is 0 Å². The van der Waals surface area contributed by atoms with Crippen molar-refractivity contribution in [2.24, 2.45) is 0 Å². The summed E-state index contributed by atoms with van der Waals surface area (Å²) in [5.74, 6) is -0.992. The predicted octanol–water partition coefficient (Wildman–Crippen LogP) is 1.95. The minimum Gasteiger partial charge on any atom is -0.459 e. The zero-order chi connectivity index (χ0) is 22.3. The van der Waals surface area contributed by atoms with Crippen molar-refractivity contribution in [1.82, 2.24) is 19.8 Å². The van der Waals surface area contributed by atoms with Crippen molar-refractivity contribution in [3.63, 3.8) is 0 Å². The van der Waals surface area contributed by atoms with Crippen molar-refractivity contribution in [2.75, 3.05) is 26.2 Å². The van der Waals surface area contributed by atoms with Crippen LogP contribution in [0.25, 0.3) is 0 Å². The Labute approximate surface area is 185 Å². The second-order valence-corrected chi connectivity index (χ2v) is 7.65. The van der Waals surface area contributed by atoms with E-state index in [1.54, 1.807) is 23.1 Å². The lowest BCUT2D eigenvalue weighted by atomic mass is 10.1. The Morgan fingerprint density at radius 1 is 0.844 bits per heavy atom. The number of aromatic nitrogens is 2. The lowest BCUT2D eigenvalue weighted by molar-refractivity contribution is -0.145. The average molecular weight is 432 g/mol. The Kier molecular flexibility index (Phi) is 6.69. The fourth-order valence-corrected chi connectivity index (χ4v) is 3.68. The highest BCUT2D eigenvalue weighted by atomic mass is 16.3. The van der Waals surface area contributed by atoms with E-state index in [2.05, 4.69) is 22.1 Å². The van der Waals surface area contributed by atoms with Crippen LogP contribution in [0.15, 0.2) is 65.5 Å². The fraction of sp³-hybridized carbons (Fsp3) is 0.292. The Morgan fingerprint density at radius 3 is 2.28 bits per heavy atom. The van der Waals surface area contributed by atoms with Gasteiger partial charge in [-0.1, -0.05) is 30.3 Å². The van der Waals surface area contributed by atoms with Gasteiger partial charge in [0.2, 0.25) is 5.78 Å². The van der Waals surface area contributed by atoms with Gasteiger partial charge in [-0.25, -0.2) is 9.97 Å². The molecule has 0 atom stereocenters. The van der Waals surface area contributed by atoms with Crippen LogP contribution in [0, 0.1) is 0 Å². The van der Waals surface area contributed by atoms with E-state index >= 15 is 0 Å². The molecule has 1 fully saturated rings. The number of hydrogen-bond donors (Lipinski definition) is 0. The van der Waals surface area contributed by atoms with Gasteiger partial charge in [-0.05, 0) is 36.6 Å². The van der Waals surface area contributed by atoms with Gasteiger partial charge in [0, 0.05) is 31.9 Å². The Hall–Kier alpha value is -3.81. The molecule has 1 aliphatic rings. The topological polar surface area (TPSA) is 96.6 Å². The molecule has 1 aromatic carbocycles. The number of furan rings is 1. The third kappa shape index (κ3) is 5.26. The largest absolute Gasteiger partial charge is 0.459 e. The van der Waals surface area contributed by atoms with Gasteiger partial charge < -0.3 is 14.2 Å². The van der Waals surface area contributed by atoms with Gasteiger partial charge in [0.05, 0.1) is 18.4 Å². The molecule has 4 rings (SSSR count). The average Bonchev–Trinajstić information content (AvgIpc) is 3.38. The molecule has 2 aromatic heterocycles. The first-order chi connectivity index (χ1) is 15.6. The molecule has 8 heteroatoms. The van der Waals surface area contributed by atoms with Crippen molar-refractivity contribution in [1.29, 1.82) is 0 Å². The summed E-state index contributed by atoms with van der Waals surface area (Å²) in [6.07, 6.45) is 4.39. The lowest BCUT2D eigenvalue weighted by Gasteiger charge is -2.33. The van der Waals surface area contributed by atoms with Gasteiger partial charge in [0.1, 0.15) is 6.33 Å². The first-order valence-corrected chi connectivity index (χ1v) is 10.6. The van der Waals surface area contributed by atoms with E-state index in [4.69, 9.17) is 4.42 Å². The highest BCUT2D eigenvalue weighted by Crippen LogP contribution is 2.11. The molecule has 164 valence electrons. The number of benzene rings is 1. The van der Waals surface area contributed by atoms with E-state index in [0.29, 0.717) is 31.9 Å². The lowest BCUT2D eigenvalue weighted by Crippen LogP contribution is -2.52. The Bertz CT molecular complexity index is 1070. The van der Waals surface area contributed by atoms with Gasteiger partial charge in [-0.15, -0.1) is 0 Å². The van der Waals surface area contributed by atoms with E-state index < -0.39 is 11.7 Å². The molecule has 2 amide bonds. The maximum absolute atomic E-state index is 12.6. The molecule has 0 spiro atoms. The zero-order valence-electron chi connectivity index (χ0n) is 17.6. The summed E-state index contributed by atoms with van der Waals surface area (Å²) in [5, 5.41) is 0. The van der Waals surface area contributed by atoms with Crippen LogP contribution in [0.5, 0.6) is 0 Å². The molecule has 1 aliphatic heterocycles. The normalized spacial score (nSPS) is 13.8. The van der Waals surface area contributed by atoms with Crippen molar-refractivity contribution in [3.05, 3.63) is 83.8 Å². The third-order valence-electron chi connectivity index (χ3n) is 5.46. The van der Waals surface area contributed by atoms with E-state index in [1.165, 1.54) is 23.1 Å². The smallest absolute Gasteiger partial charge is 0.290 e. The first kappa shape index (κ1) is 21.4. The molecule has 0 unspecified atom stereocenters. The fourth-order valence-electron chi connectivity index (χ4n) is 3.68. The van der Waals surface area contributed by atoms with Crippen LogP contribution in [0.4, 0.5) is 0 Å². The third-order valence-corrected chi connectivity index (χ3v) is 5.46. The minimum atomic E-state index is -0.542. The number of carbonyl (C=O) groups is 3. The zero-order valence-corrected chi connectivity index (χ0v) is 17.6. The molecule has 3 heterocycles. The summed E-state index contributed by atoms with van der Waals surface area (Å²) in [7, 11) is 0. The quantitative estimate of drug-likeness (QED) is 0.530. The SMILES string of the molecule is O=C(Cc1cc(CCc2ccccc2)ncn1)C(=O)N1CCN(C(=O)c2ccco2)CC1. The first-order valence-electron chi connectivity index (χ1n) is 10.6. The van der Waals surface area contributed by atoms with E-state index in [-0.39, 0.29) is 18.1 Å². The van der Waals surface area contributed by atoms with Crippen LogP contribution in [0.2, 0.25) is 0 Å². The molecular weight excluding hydrogens is 408 g/mol. The highest BCUT2D eigenvalue weighted by Gasteiger charge is 2.29. The van der Waals surface area contributed by atoms with Crippen LogP contribution >= 0.6 is 0 Å². The van der Waals surface area contributed by atoms with Crippen LogP contribution in [0.1, 0.15) is 27.5 Å². The number of rotatable bonds is 7. The number of Topliss-reactive ketones (excluding diaryl/α,β-unsaturated/α-hetero) is 1. The van der Waals surface area contributed by atoms with E-state index in [1.807, 2.05) is 18.2 Å². The molecule has 3 aromatic rings. The summed E-state index contributed by atoms with van der Waals surface area (Å²) in [6, 6.07) is 15.2. The molecule has 0 N–H and O–H groups in total. The second kappa shape index (κ2) is 10.00. The maximum Gasteiger partial charge on any atom is 0.290 e. The number of aryl methyl sites for hydroxylation is 2. The summed E-state index contributed by atoms with van der Waals surface area (Å²) in [6.45, 7) is 1.33. The van der Waals surface area contributed by atoms with Crippen molar-refractivity contribution in [3.8, 4) is 0 Å². The van der Waals surface area contributed by atoms with Gasteiger partial charge >= 0.3 is 0 Å². The van der Waals surface area contributed by atoms with Crippen molar-refractivity contribution in [2.45, 2.75) is 19.3 Å². The van der Waals surface area contributed by atoms with Gasteiger partial charge in [0.25, 0.3) is 11.8 Å². The van der Waals surface area contributed by atoms with Crippen LogP contribution in [-0.2, 0) is 28.9 Å². The number of ketones is 1. The number of nitrogens with zero attached hydrogens (tertiary/aromatic N) is 4. The maximum atomic E-state index is 12.6. The number of amides is 2. The van der Waals surface area contributed by atoms with Gasteiger partial charge in [-0.3, -0.25) is 14.4 Å². The Morgan fingerprint density at radius 2 is 1.56 bits per heavy atom. The molecule has 0 bridgehead atoms. The molecule has 1 saturated heterocycles. The van der Waals surface area contributed by atoms with Crippen molar-refractivity contribution < 1.29 is 18.8 Å². The van der Waals surface area contributed by atoms with E-state index in [0.717, 1.165) is 18.5 Å².